The number of aromatic nitrogens is 1. The minimum atomic E-state index is -0.0190. The van der Waals surface area contributed by atoms with Crippen LogP contribution in [0.25, 0.3) is 6.08 Å². The van der Waals surface area contributed by atoms with E-state index < -0.39 is 0 Å². The highest BCUT2D eigenvalue weighted by molar-refractivity contribution is 7.07. The lowest BCUT2D eigenvalue weighted by molar-refractivity contribution is 0.474. The fourth-order valence-electron chi connectivity index (χ4n) is 1.82. The van der Waals surface area contributed by atoms with Gasteiger partial charge in [-0.05, 0) is 12.1 Å². The molecule has 2 aromatic rings. The van der Waals surface area contributed by atoms with Crippen LogP contribution >= 0.6 is 11.3 Å². The number of fused-ring (bicyclic) bond motifs is 1. The summed E-state index contributed by atoms with van der Waals surface area (Å²) in [7, 11) is 0. The second-order valence-electron chi connectivity index (χ2n) is 3.79. The Balaban J connectivity index is 2.24. The van der Waals surface area contributed by atoms with Crippen LogP contribution in [-0.2, 0) is 6.54 Å². The van der Waals surface area contributed by atoms with Crippen molar-refractivity contribution in [1.29, 1.82) is 0 Å². The molecular weight excluding hydrogens is 236 g/mol. The van der Waals surface area contributed by atoms with Crippen molar-refractivity contribution in [2.24, 2.45) is 4.99 Å². The van der Waals surface area contributed by atoms with Crippen LogP contribution in [0, 0.1) is 0 Å². The Morgan fingerprint density at radius 3 is 3.00 bits per heavy atom. The van der Waals surface area contributed by atoms with Gasteiger partial charge in [-0.1, -0.05) is 29.5 Å². The standard InChI is InChI=1S/C12H10N2O2S/c15-9-4-2-1-3-8(9)7-10-11(16)14-6-5-13-12(14)17-10/h1-4,7,15H,5-6H2. The topological polar surface area (TPSA) is 54.6 Å². The van der Waals surface area contributed by atoms with Gasteiger partial charge in [0.2, 0.25) is 0 Å². The van der Waals surface area contributed by atoms with Crippen molar-refractivity contribution >= 4 is 17.4 Å². The van der Waals surface area contributed by atoms with E-state index in [1.165, 1.54) is 11.3 Å². The van der Waals surface area contributed by atoms with Crippen molar-refractivity contribution in [3.63, 3.8) is 0 Å². The average Bonchev–Trinajstić information content (AvgIpc) is 2.87. The Bertz CT molecular complexity index is 743. The zero-order chi connectivity index (χ0) is 11.8. The summed E-state index contributed by atoms with van der Waals surface area (Å²) in [5.74, 6) is 0.183. The molecule has 0 bridgehead atoms. The number of aromatic hydroxyl groups is 1. The van der Waals surface area contributed by atoms with E-state index in [0.717, 1.165) is 4.80 Å². The van der Waals surface area contributed by atoms with E-state index in [1.54, 1.807) is 28.8 Å². The molecule has 0 radical (unpaired) electrons. The van der Waals surface area contributed by atoms with Crippen LogP contribution in [0.1, 0.15) is 5.56 Å². The monoisotopic (exact) mass is 246 g/mol. The number of hydrogen-bond acceptors (Lipinski definition) is 4. The maximum Gasteiger partial charge on any atom is 0.270 e. The molecule has 1 N–H and O–H groups in total. The van der Waals surface area contributed by atoms with Crippen molar-refractivity contribution < 1.29 is 5.11 Å². The first kappa shape index (κ1) is 10.3. The van der Waals surface area contributed by atoms with Crippen molar-refractivity contribution in [1.82, 2.24) is 4.57 Å². The van der Waals surface area contributed by atoms with Crippen LogP contribution in [0.5, 0.6) is 5.75 Å². The Hall–Kier alpha value is -1.88. The molecule has 3 rings (SSSR count). The first-order valence-electron chi connectivity index (χ1n) is 5.29. The molecule has 0 saturated heterocycles. The van der Waals surface area contributed by atoms with E-state index >= 15 is 0 Å². The van der Waals surface area contributed by atoms with Gasteiger partial charge in [-0.25, -0.2) is 0 Å². The lowest BCUT2D eigenvalue weighted by Gasteiger charge is -1.95. The fraction of sp³-hybridized carbons (Fsp3) is 0.167. The lowest BCUT2D eigenvalue weighted by atomic mass is 10.2. The number of hydrogen-bond donors (Lipinski definition) is 1. The maximum atomic E-state index is 12.0. The van der Waals surface area contributed by atoms with Gasteiger partial charge in [-0.15, -0.1) is 0 Å². The molecule has 0 unspecified atom stereocenters. The Morgan fingerprint density at radius 2 is 2.24 bits per heavy atom. The number of nitrogens with zero attached hydrogens (tertiary/aromatic N) is 2. The van der Waals surface area contributed by atoms with Gasteiger partial charge in [0, 0.05) is 12.1 Å². The predicted molar refractivity (Wildman–Crippen MR) is 65.9 cm³/mol. The molecule has 0 amide bonds. The van der Waals surface area contributed by atoms with E-state index in [0.29, 0.717) is 23.2 Å². The molecule has 1 aromatic carbocycles. The number of rotatable bonds is 1. The van der Waals surface area contributed by atoms with Crippen LogP contribution in [0.2, 0.25) is 0 Å². The van der Waals surface area contributed by atoms with Crippen molar-refractivity contribution in [3.8, 4) is 5.75 Å². The molecule has 0 atom stereocenters. The summed E-state index contributed by atoms with van der Waals surface area (Å²) in [5.41, 5.74) is 0.639. The summed E-state index contributed by atoms with van der Waals surface area (Å²) in [6, 6.07) is 6.97. The van der Waals surface area contributed by atoms with Crippen LogP contribution in [-0.4, -0.2) is 16.2 Å². The summed E-state index contributed by atoms with van der Waals surface area (Å²) in [6.45, 7) is 1.36. The molecule has 86 valence electrons. The third-order valence-corrected chi connectivity index (χ3v) is 3.73. The normalized spacial score (nSPS) is 14.7. The second kappa shape index (κ2) is 3.85. The minimum absolute atomic E-state index is 0.0190. The molecule has 0 aliphatic carbocycles. The summed E-state index contributed by atoms with van der Waals surface area (Å²) in [4.78, 5) is 17.0. The Labute approximate surface area is 101 Å². The maximum absolute atomic E-state index is 12.0. The van der Waals surface area contributed by atoms with Crippen molar-refractivity contribution in [2.45, 2.75) is 6.54 Å². The highest BCUT2D eigenvalue weighted by Gasteiger charge is 2.09. The fourth-order valence-corrected chi connectivity index (χ4v) is 2.84. The van der Waals surface area contributed by atoms with Gasteiger partial charge in [-0.2, -0.15) is 0 Å². The number of benzene rings is 1. The second-order valence-corrected chi connectivity index (χ2v) is 4.80. The van der Waals surface area contributed by atoms with Gasteiger partial charge in [0.05, 0.1) is 11.1 Å². The molecule has 1 aliphatic heterocycles. The third-order valence-electron chi connectivity index (χ3n) is 2.68. The molecule has 2 heterocycles. The summed E-state index contributed by atoms with van der Waals surface area (Å²) < 4.78 is 2.29. The largest absolute Gasteiger partial charge is 0.507 e. The highest BCUT2D eigenvalue weighted by Crippen LogP contribution is 2.15. The van der Waals surface area contributed by atoms with E-state index in [-0.39, 0.29) is 11.3 Å². The molecular formula is C12H10N2O2S. The Kier molecular flexibility index (Phi) is 2.33. The molecule has 4 nitrogen and oxygen atoms in total. The zero-order valence-corrected chi connectivity index (χ0v) is 9.78. The molecule has 5 heteroatoms. The molecule has 1 aliphatic rings. The van der Waals surface area contributed by atoms with Gasteiger partial charge >= 0.3 is 0 Å². The van der Waals surface area contributed by atoms with Gasteiger partial charge in [-0.3, -0.25) is 14.4 Å². The van der Waals surface area contributed by atoms with E-state index in [2.05, 4.69) is 4.99 Å². The van der Waals surface area contributed by atoms with Crippen LogP contribution in [0.15, 0.2) is 34.1 Å². The quantitative estimate of drug-likeness (QED) is 0.774. The number of phenols is 1. The van der Waals surface area contributed by atoms with Gasteiger partial charge < -0.3 is 5.11 Å². The number of thiazole rings is 1. The van der Waals surface area contributed by atoms with Crippen LogP contribution in [0.3, 0.4) is 0 Å². The van der Waals surface area contributed by atoms with E-state index in [1.807, 2.05) is 6.07 Å². The molecule has 0 fully saturated rings. The first-order chi connectivity index (χ1) is 8.25. The van der Waals surface area contributed by atoms with Crippen molar-refractivity contribution in [3.05, 3.63) is 49.5 Å². The number of phenolic OH excluding ortho intramolecular Hbond substituents is 1. The smallest absolute Gasteiger partial charge is 0.270 e. The molecule has 17 heavy (non-hydrogen) atoms. The SMILES string of the molecule is O=c1c(=Cc2ccccc2O)sc2n1CCN=2. The summed E-state index contributed by atoms with van der Waals surface area (Å²) >= 11 is 1.37. The van der Waals surface area contributed by atoms with Gasteiger partial charge in [0.25, 0.3) is 5.56 Å². The number of para-hydroxylation sites is 1. The van der Waals surface area contributed by atoms with E-state index in [9.17, 15) is 9.90 Å². The Morgan fingerprint density at radius 1 is 1.41 bits per heavy atom. The van der Waals surface area contributed by atoms with E-state index in [4.69, 9.17) is 0 Å². The highest BCUT2D eigenvalue weighted by atomic mass is 32.1. The molecule has 0 saturated carbocycles. The lowest BCUT2D eigenvalue weighted by Crippen LogP contribution is -2.29. The van der Waals surface area contributed by atoms with Crippen LogP contribution in [0.4, 0.5) is 0 Å². The first-order valence-corrected chi connectivity index (χ1v) is 6.11. The summed E-state index contributed by atoms with van der Waals surface area (Å²) in [6.07, 6.45) is 1.71. The third kappa shape index (κ3) is 1.68. The molecule has 1 aromatic heterocycles. The summed E-state index contributed by atoms with van der Waals surface area (Å²) in [5, 5.41) is 9.65. The van der Waals surface area contributed by atoms with Gasteiger partial charge in [0.15, 0.2) is 4.80 Å². The predicted octanol–water partition coefficient (Wildman–Crippen LogP) is 0.0774. The van der Waals surface area contributed by atoms with Crippen LogP contribution < -0.4 is 14.9 Å². The van der Waals surface area contributed by atoms with Crippen molar-refractivity contribution in [2.75, 3.05) is 6.54 Å². The average molecular weight is 246 g/mol. The molecule has 0 spiro atoms. The minimum Gasteiger partial charge on any atom is -0.507 e. The van der Waals surface area contributed by atoms with Gasteiger partial charge in [0.1, 0.15) is 5.75 Å². The zero-order valence-electron chi connectivity index (χ0n) is 8.96.